The van der Waals surface area contributed by atoms with Gasteiger partial charge in [-0.05, 0) is 32.7 Å². The van der Waals surface area contributed by atoms with Gasteiger partial charge >= 0.3 is 5.97 Å². The van der Waals surface area contributed by atoms with Gasteiger partial charge in [0.25, 0.3) is 0 Å². The summed E-state index contributed by atoms with van der Waals surface area (Å²) in [7, 11) is 0. The number of unbranched alkanes of at least 4 members (excludes halogenated alkanes) is 1. The van der Waals surface area contributed by atoms with Gasteiger partial charge in [-0.1, -0.05) is 0 Å². The van der Waals surface area contributed by atoms with E-state index >= 15 is 0 Å². The number of rotatable bonds is 12. The second kappa shape index (κ2) is 12.3. The molecule has 2 unspecified atom stereocenters. The molecular weight excluding hydrogens is 376 g/mol. The van der Waals surface area contributed by atoms with Gasteiger partial charge in [-0.2, -0.15) is 0 Å². The van der Waals surface area contributed by atoms with Crippen molar-refractivity contribution in [1.82, 2.24) is 10.6 Å². The molecule has 164 valence electrons. The Morgan fingerprint density at radius 3 is 2.36 bits per heavy atom. The Hall–Kier alpha value is -1.34. The van der Waals surface area contributed by atoms with Gasteiger partial charge in [0, 0.05) is 13.0 Å². The van der Waals surface area contributed by atoms with Crippen LogP contribution in [0.1, 0.15) is 32.6 Å². The number of amides is 1. The lowest BCUT2D eigenvalue weighted by molar-refractivity contribution is -0.217. The van der Waals surface area contributed by atoms with E-state index in [1.54, 1.807) is 6.92 Å². The molecule has 1 heterocycles. The fourth-order valence-electron chi connectivity index (χ4n) is 2.99. The molecule has 0 saturated carbocycles. The number of aliphatic hydroxyl groups is 5. The number of carboxylic acids is 1. The third-order valence-corrected chi connectivity index (χ3v) is 4.72. The largest absolute Gasteiger partial charge is 0.481 e. The summed E-state index contributed by atoms with van der Waals surface area (Å²) in [5.41, 5.74) is 0. The van der Waals surface area contributed by atoms with Crippen molar-refractivity contribution in [3.63, 3.8) is 0 Å². The smallest absolute Gasteiger partial charge is 0.303 e. The molecule has 7 atom stereocenters. The van der Waals surface area contributed by atoms with Crippen LogP contribution in [0, 0.1) is 0 Å². The van der Waals surface area contributed by atoms with Crippen molar-refractivity contribution >= 4 is 11.9 Å². The SMILES string of the molecule is C[C@@H]1O[C@@H](CCNC(=O)C(NCCCCC(=O)O)C(O)CO)[C@@H](O)[C@H](O)[C@@H]1O. The highest BCUT2D eigenvalue weighted by atomic mass is 16.5. The zero-order valence-corrected chi connectivity index (χ0v) is 15.9. The van der Waals surface area contributed by atoms with Crippen LogP contribution in [-0.2, 0) is 14.3 Å². The Bertz CT molecular complexity index is 493. The number of aliphatic hydroxyl groups excluding tert-OH is 5. The summed E-state index contributed by atoms with van der Waals surface area (Å²) in [6.07, 6.45) is -5.57. The van der Waals surface area contributed by atoms with Crippen molar-refractivity contribution in [2.45, 2.75) is 75.3 Å². The van der Waals surface area contributed by atoms with Crippen LogP contribution in [0.4, 0.5) is 0 Å². The normalized spacial score (nSPS) is 29.9. The minimum atomic E-state index is -1.35. The molecule has 0 aliphatic carbocycles. The summed E-state index contributed by atoms with van der Waals surface area (Å²) in [6, 6.07) is -1.08. The predicted molar refractivity (Wildman–Crippen MR) is 96.4 cm³/mol. The number of nitrogens with one attached hydrogen (secondary N) is 2. The second-order valence-electron chi connectivity index (χ2n) is 6.96. The Labute approximate surface area is 163 Å². The highest BCUT2D eigenvalue weighted by molar-refractivity contribution is 5.82. The topological polar surface area (TPSA) is 189 Å². The van der Waals surface area contributed by atoms with Crippen LogP contribution in [0.15, 0.2) is 0 Å². The maximum absolute atomic E-state index is 12.3. The van der Waals surface area contributed by atoms with Gasteiger partial charge in [0.05, 0.1) is 18.8 Å². The summed E-state index contributed by atoms with van der Waals surface area (Å²) >= 11 is 0. The molecule has 0 aromatic rings. The van der Waals surface area contributed by atoms with Gasteiger partial charge in [0.15, 0.2) is 0 Å². The van der Waals surface area contributed by atoms with Crippen molar-refractivity contribution in [3.8, 4) is 0 Å². The van der Waals surface area contributed by atoms with Crippen LogP contribution < -0.4 is 10.6 Å². The first-order chi connectivity index (χ1) is 13.2. The molecular formula is C17H32N2O9. The van der Waals surface area contributed by atoms with Crippen LogP contribution in [0.5, 0.6) is 0 Å². The van der Waals surface area contributed by atoms with Crippen LogP contribution in [0.3, 0.4) is 0 Å². The van der Waals surface area contributed by atoms with Crippen molar-refractivity contribution in [3.05, 3.63) is 0 Å². The minimum Gasteiger partial charge on any atom is -0.481 e. The van der Waals surface area contributed by atoms with Crippen LogP contribution in [0.25, 0.3) is 0 Å². The van der Waals surface area contributed by atoms with E-state index in [9.17, 15) is 30.0 Å². The van der Waals surface area contributed by atoms with Gasteiger partial charge in [-0.15, -0.1) is 0 Å². The average Bonchev–Trinajstić information content (AvgIpc) is 2.65. The molecule has 28 heavy (non-hydrogen) atoms. The highest BCUT2D eigenvalue weighted by Crippen LogP contribution is 2.22. The van der Waals surface area contributed by atoms with E-state index in [1.165, 1.54) is 0 Å². The quantitative estimate of drug-likeness (QED) is 0.154. The van der Waals surface area contributed by atoms with Crippen LogP contribution in [0.2, 0.25) is 0 Å². The van der Waals surface area contributed by atoms with E-state index in [2.05, 4.69) is 10.6 Å². The van der Waals surface area contributed by atoms with Gasteiger partial charge < -0.3 is 46.0 Å². The summed E-state index contributed by atoms with van der Waals surface area (Å²) in [4.78, 5) is 22.8. The first-order valence-electron chi connectivity index (χ1n) is 9.40. The molecule has 1 rings (SSSR count). The molecule has 8 N–H and O–H groups in total. The Morgan fingerprint density at radius 1 is 1.07 bits per heavy atom. The number of carbonyl (C=O) groups excluding carboxylic acids is 1. The summed E-state index contributed by atoms with van der Waals surface area (Å²) < 4.78 is 5.44. The first-order valence-corrected chi connectivity index (χ1v) is 9.40. The first kappa shape index (κ1) is 24.7. The molecule has 0 aromatic heterocycles. The Morgan fingerprint density at radius 2 is 1.75 bits per heavy atom. The molecule has 1 fully saturated rings. The molecule has 1 aliphatic heterocycles. The highest BCUT2D eigenvalue weighted by Gasteiger charge is 2.41. The number of hydrogen-bond donors (Lipinski definition) is 8. The fourth-order valence-corrected chi connectivity index (χ4v) is 2.99. The maximum Gasteiger partial charge on any atom is 0.303 e. The minimum absolute atomic E-state index is 0.00375. The zero-order valence-electron chi connectivity index (χ0n) is 15.9. The lowest BCUT2D eigenvalue weighted by atomic mass is 9.94. The van der Waals surface area contributed by atoms with Crippen molar-refractivity contribution in [2.24, 2.45) is 0 Å². The van der Waals surface area contributed by atoms with Crippen LogP contribution in [-0.4, -0.2) is 105 Å². The number of carboxylic acid groups (broad SMARTS) is 1. The van der Waals surface area contributed by atoms with Gasteiger partial charge in [-0.3, -0.25) is 9.59 Å². The third-order valence-electron chi connectivity index (χ3n) is 4.72. The van der Waals surface area contributed by atoms with Crippen molar-refractivity contribution in [2.75, 3.05) is 19.7 Å². The summed E-state index contributed by atoms with van der Waals surface area (Å²) in [5.74, 6) is -1.48. The Kier molecular flexibility index (Phi) is 10.8. The van der Waals surface area contributed by atoms with E-state index in [1.807, 2.05) is 0 Å². The molecule has 11 heteroatoms. The number of hydrogen-bond acceptors (Lipinski definition) is 9. The molecule has 0 spiro atoms. The summed E-state index contributed by atoms with van der Waals surface area (Å²) in [5, 5.41) is 62.3. The molecule has 0 aromatic carbocycles. The van der Waals surface area contributed by atoms with Crippen LogP contribution >= 0.6 is 0 Å². The van der Waals surface area contributed by atoms with E-state index in [4.69, 9.17) is 14.9 Å². The molecule has 1 amide bonds. The monoisotopic (exact) mass is 408 g/mol. The predicted octanol–water partition coefficient (Wildman–Crippen LogP) is -3.07. The standard InChI is InChI=1S/C17H32N2O9/c1-9-14(24)16(26)15(25)11(28-9)5-7-19-17(27)13(10(21)8-20)18-6-3-2-4-12(22)23/h9-11,13-16,18,20-21,24-26H,2-8H2,1H3,(H,19,27)(H,22,23)/t9-,10?,11-,13?,14+,15+,16+/m0/s1. The number of ether oxygens (including phenoxy) is 1. The number of aliphatic carboxylic acids is 1. The average molecular weight is 408 g/mol. The number of carbonyl (C=O) groups is 2. The zero-order chi connectivity index (χ0) is 21.3. The van der Waals surface area contributed by atoms with E-state index in [-0.39, 0.29) is 25.9 Å². The summed E-state index contributed by atoms with van der Waals surface area (Å²) in [6.45, 7) is 1.29. The lowest BCUT2D eigenvalue weighted by Crippen LogP contribution is -2.57. The third kappa shape index (κ3) is 7.59. The van der Waals surface area contributed by atoms with Gasteiger partial charge in [-0.25, -0.2) is 0 Å². The Balaban J connectivity index is 2.44. The second-order valence-corrected chi connectivity index (χ2v) is 6.96. The lowest BCUT2D eigenvalue weighted by Gasteiger charge is -2.39. The van der Waals surface area contributed by atoms with E-state index in [0.717, 1.165) is 0 Å². The molecule has 11 nitrogen and oxygen atoms in total. The molecule has 1 saturated heterocycles. The van der Waals surface area contributed by atoms with E-state index < -0.39 is 61.1 Å². The van der Waals surface area contributed by atoms with Gasteiger partial charge in [0.1, 0.15) is 30.5 Å². The van der Waals surface area contributed by atoms with Crippen molar-refractivity contribution < 1.29 is 45.0 Å². The van der Waals surface area contributed by atoms with Crippen molar-refractivity contribution in [1.29, 1.82) is 0 Å². The maximum atomic E-state index is 12.3. The molecule has 0 bridgehead atoms. The molecule has 1 aliphatic rings. The van der Waals surface area contributed by atoms with E-state index in [0.29, 0.717) is 12.8 Å². The fraction of sp³-hybridized carbons (Fsp3) is 0.882. The van der Waals surface area contributed by atoms with Gasteiger partial charge in [0.2, 0.25) is 5.91 Å². The molecule has 0 radical (unpaired) electrons.